The average Bonchev–Trinajstić information content (AvgIpc) is 2.54. The van der Waals surface area contributed by atoms with Gasteiger partial charge in [0.25, 0.3) is 5.69 Å². The Balaban J connectivity index is 2.17. The topological polar surface area (TPSA) is 79.5 Å². The minimum atomic E-state index is -0.601. The van der Waals surface area contributed by atoms with Crippen LogP contribution in [0.25, 0.3) is 0 Å². The Kier molecular flexibility index (Phi) is 4.58. The van der Waals surface area contributed by atoms with E-state index >= 15 is 0 Å². The quantitative estimate of drug-likeness (QED) is 0.683. The van der Waals surface area contributed by atoms with Gasteiger partial charge in [-0.25, -0.2) is 0 Å². The fraction of sp³-hybridized carbons (Fsp3) is 0.667. The molecule has 1 saturated heterocycles. The monoisotopic (exact) mass is 293 g/mol. The van der Waals surface area contributed by atoms with Gasteiger partial charge in [-0.1, -0.05) is 0 Å². The minimum Gasteiger partial charge on any atom is -0.390 e. The maximum atomic E-state index is 11.2. The van der Waals surface area contributed by atoms with Gasteiger partial charge in [-0.2, -0.15) is 0 Å². The molecule has 0 spiro atoms. The molecule has 0 aromatic carbocycles. The highest BCUT2D eigenvalue weighted by Crippen LogP contribution is 2.26. The Hall–Kier alpha value is -1.53. The molecule has 1 aliphatic heterocycles. The second-order valence-electron chi connectivity index (χ2n) is 6.25. The van der Waals surface area contributed by atoms with Crippen LogP contribution in [0.15, 0.2) is 6.20 Å². The van der Waals surface area contributed by atoms with E-state index in [9.17, 15) is 15.2 Å². The summed E-state index contributed by atoms with van der Waals surface area (Å²) in [5, 5.41) is 21.3. The Morgan fingerprint density at radius 3 is 2.81 bits per heavy atom. The van der Waals surface area contributed by atoms with Crippen molar-refractivity contribution < 1.29 is 10.0 Å². The predicted molar refractivity (Wildman–Crippen MR) is 80.1 cm³/mol. The third-order valence-corrected chi connectivity index (χ3v) is 4.29. The lowest BCUT2D eigenvalue weighted by Crippen LogP contribution is -2.28. The Morgan fingerprint density at radius 1 is 1.43 bits per heavy atom. The zero-order valence-electron chi connectivity index (χ0n) is 12.9. The van der Waals surface area contributed by atoms with E-state index in [-0.39, 0.29) is 10.6 Å². The average molecular weight is 293 g/mol. The number of pyridine rings is 1. The summed E-state index contributed by atoms with van der Waals surface area (Å²) >= 11 is 0. The van der Waals surface area contributed by atoms with Crippen molar-refractivity contribution in [3.63, 3.8) is 0 Å². The number of hydrogen-bond acceptors (Lipinski definition) is 5. The molecule has 1 aliphatic rings. The number of likely N-dealkylation sites (tertiary alicyclic amines) is 1. The van der Waals surface area contributed by atoms with Gasteiger partial charge < -0.3 is 5.11 Å². The molecule has 1 unspecified atom stereocenters. The highest BCUT2D eigenvalue weighted by Gasteiger charge is 2.26. The maximum Gasteiger partial charge on any atom is 0.278 e. The molecule has 0 radical (unpaired) electrons. The zero-order valence-corrected chi connectivity index (χ0v) is 12.9. The Bertz CT molecular complexity index is 543. The van der Waals surface area contributed by atoms with Crippen LogP contribution in [0.1, 0.15) is 43.0 Å². The highest BCUT2D eigenvalue weighted by atomic mass is 16.6. The lowest BCUT2D eigenvalue weighted by Gasteiger charge is -2.22. The van der Waals surface area contributed by atoms with E-state index < -0.39 is 5.60 Å². The van der Waals surface area contributed by atoms with Crippen molar-refractivity contribution in [2.45, 2.75) is 52.2 Å². The summed E-state index contributed by atoms with van der Waals surface area (Å²) in [4.78, 5) is 17.4. The zero-order chi connectivity index (χ0) is 15.6. The first-order valence-electron chi connectivity index (χ1n) is 7.34. The molecule has 2 heterocycles. The van der Waals surface area contributed by atoms with Crippen molar-refractivity contribution in [2.75, 3.05) is 13.1 Å². The summed E-state index contributed by atoms with van der Waals surface area (Å²) in [5.74, 6) is 0. The van der Waals surface area contributed by atoms with E-state index in [4.69, 9.17) is 0 Å². The summed E-state index contributed by atoms with van der Waals surface area (Å²) in [6, 6.07) is 0. The van der Waals surface area contributed by atoms with Crippen LogP contribution in [0.4, 0.5) is 5.69 Å². The summed E-state index contributed by atoms with van der Waals surface area (Å²) in [5.41, 5.74) is 1.57. The van der Waals surface area contributed by atoms with E-state index in [0.29, 0.717) is 17.7 Å². The highest BCUT2D eigenvalue weighted by molar-refractivity contribution is 5.47. The lowest BCUT2D eigenvalue weighted by molar-refractivity contribution is -0.386. The molecule has 0 aliphatic carbocycles. The molecule has 0 amide bonds. The molecule has 2 rings (SSSR count). The van der Waals surface area contributed by atoms with E-state index in [1.54, 1.807) is 20.0 Å². The molecule has 6 nitrogen and oxygen atoms in total. The van der Waals surface area contributed by atoms with Gasteiger partial charge in [0, 0.05) is 30.4 Å². The standard InChI is InChI=1S/C15H23N3O3/c1-11-9-16-13(12(2)14(11)18(20)21)10-17-7-4-5-15(3,19)6-8-17/h9,19H,4-8,10H2,1-3H3. The number of hydrogen-bond donors (Lipinski definition) is 1. The van der Waals surface area contributed by atoms with Gasteiger partial charge in [-0.15, -0.1) is 0 Å². The summed E-state index contributed by atoms with van der Waals surface area (Å²) < 4.78 is 0. The van der Waals surface area contributed by atoms with Gasteiger partial charge in [0.1, 0.15) is 0 Å². The molecule has 116 valence electrons. The fourth-order valence-electron chi connectivity index (χ4n) is 2.89. The second kappa shape index (κ2) is 6.07. The van der Waals surface area contributed by atoms with Gasteiger partial charge >= 0.3 is 0 Å². The van der Waals surface area contributed by atoms with Gasteiger partial charge in [0.2, 0.25) is 0 Å². The largest absolute Gasteiger partial charge is 0.390 e. The van der Waals surface area contributed by atoms with Gasteiger partial charge in [0.15, 0.2) is 0 Å². The van der Waals surface area contributed by atoms with Gasteiger partial charge in [-0.3, -0.25) is 20.0 Å². The molecule has 0 bridgehead atoms. The van der Waals surface area contributed by atoms with Crippen LogP contribution in [0.5, 0.6) is 0 Å². The number of nitrogens with zero attached hydrogens (tertiary/aromatic N) is 3. The van der Waals surface area contributed by atoms with Crippen LogP contribution in [0.2, 0.25) is 0 Å². The summed E-state index contributed by atoms with van der Waals surface area (Å²) in [7, 11) is 0. The van der Waals surface area contributed by atoms with E-state index in [0.717, 1.165) is 38.0 Å². The molecule has 1 atom stereocenters. The van der Waals surface area contributed by atoms with Crippen LogP contribution in [0, 0.1) is 24.0 Å². The third kappa shape index (κ3) is 3.77. The van der Waals surface area contributed by atoms with E-state index in [1.165, 1.54) is 0 Å². The van der Waals surface area contributed by atoms with Crippen molar-refractivity contribution in [1.82, 2.24) is 9.88 Å². The van der Waals surface area contributed by atoms with Crippen molar-refractivity contribution in [3.05, 3.63) is 33.1 Å². The predicted octanol–water partition coefficient (Wildman–Crippen LogP) is 2.34. The smallest absolute Gasteiger partial charge is 0.278 e. The SMILES string of the molecule is Cc1cnc(CN2CCCC(C)(O)CC2)c(C)c1[N+](=O)[O-]. The number of nitro groups is 1. The van der Waals surface area contributed by atoms with Crippen molar-refractivity contribution in [1.29, 1.82) is 0 Å². The first-order chi connectivity index (χ1) is 9.80. The molecule has 1 fully saturated rings. The second-order valence-corrected chi connectivity index (χ2v) is 6.25. The Morgan fingerprint density at radius 2 is 2.14 bits per heavy atom. The first-order valence-corrected chi connectivity index (χ1v) is 7.34. The number of aliphatic hydroxyl groups is 1. The van der Waals surface area contributed by atoms with Gasteiger partial charge in [-0.05, 0) is 46.6 Å². The normalized spacial score (nSPS) is 23.8. The summed E-state index contributed by atoms with van der Waals surface area (Å²) in [6.07, 6.45) is 4.03. The Labute approximate surface area is 125 Å². The number of rotatable bonds is 3. The molecule has 1 aromatic rings. The number of aromatic nitrogens is 1. The van der Waals surface area contributed by atoms with E-state index in [1.807, 2.05) is 6.92 Å². The van der Waals surface area contributed by atoms with Crippen LogP contribution >= 0.6 is 0 Å². The third-order valence-electron chi connectivity index (χ3n) is 4.29. The van der Waals surface area contributed by atoms with Crippen LogP contribution in [-0.4, -0.2) is 38.6 Å². The molecule has 21 heavy (non-hydrogen) atoms. The van der Waals surface area contributed by atoms with Crippen LogP contribution in [-0.2, 0) is 6.54 Å². The van der Waals surface area contributed by atoms with Crippen LogP contribution in [0.3, 0.4) is 0 Å². The lowest BCUT2D eigenvalue weighted by atomic mass is 9.98. The molecule has 1 N–H and O–H groups in total. The summed E-state index contributed by atoms with van der Waals surface area (Å²) in [6.45, 7) is 7.63. The fourth-order valence-corrected chi connectivity index (χ4v) is 2.89. The molecule has 0 saturated carbocycles. The maximum absolute atomic E-state index is 11.2. The van der Waals surface area contributed by atoms with Gasteiger partial charge in [0.05, 0.1) is 16.2 Å². The van der Waals surface area contributed by atoms with Crippen molar-refractivity contribution >= 4 is 5.69 Å². The molecular weight excluding hydrogens is 270 g/mol. The van der Waals surface area contributed by atoms with Crippen LogP contribution < -0.4 is 0 Å². The van der Waals surface area contributed by atoms with Crippen molar-refractivity contribution in [2.24, 2.45) is 0 Å². The molecule has 1 aromatic heterocycles. The minimum absolute atomic E-state index is 0.168. The number of aryl methyl sites for hydroxylation is 1. The molecule has 6 heteroatoms. The first kappa shape index (κ1) is 15.9. The molecular formula is C15H23N3O3. The van der Waals surface area contributed by atoms with Crippen molar-refractivity contribution in [3.8, 4) is 0 Å². The van der Waals surface area contributed by atoms with E-state index in [2.05, 4.69) is 9.88 Å².